The van der Waals surface area contributed by atoms with E-state index in [0.29, 0.717) is 12.6 Å². The van der Waals surface area contributed by atoms with Gasteiger partial charge in [0, 0.05) is 17.1 Å². The Kier molecular flexibility index (Phi) is 4.63. The third-order valence-electron chi connectivity index (χ3n) is 3.93. The molecule has 1 N–H and O–H groups in total. The van der Waals surface area contributed by atoms with E-state index in [1.54, 1.807) is 6.92 Å². The van der Waals surface area contributed by atoms with Crippen molar-refractivity contribution in [3.63, 3.8) is 0 Å². The van der Waals surface area contributed by atoms with E-state index in [1.807, 2.05) is 0 Å². The van der Waals surface area contributed by atoms with Crippen LogP contribution >= 0.6 is 15.9 Å². The molecule has 0 saturated carbocycles. The molecule has 0 bridgehead atoms. The molecular weight excluding hydrogens is 306 g/mol. The van der Waals surface area contributed by atoms with Gasteiger partial charge >= 0.3 is 5.97 Å². The number of benzene rings is 1. The van der Waals surface area contributed by atoms with E-state index in [0.717, 1.165) is 23.9 Å². The van der Waals surface area contributed by atoms with Crippen molar-refractivity contribution in [2.75, 3.05) is 13.1 Å². The monoisotopic (exact) mass is 325 g/mol. The lowest BCUT2D eigenvalue weighted by Gasteiger charge is -2.29. The Morgan fingerprint density at radius 2 is 2.32 bits per heavy atom. The van der Waals surface area contributed by atoms with Crippen molar-refractivity contribution in [3.05, 3.63) is 33.8 Å². The Bertz CT molecular complexity index is 475. The molecule has 3 nitrogen and oxygen atoms in total. The van der Waals surface area contributed by atoms with Crippen molar-refractivity contribution in [2.45, 2.75) is 32.7 Å². The standard InChI is InChI=1S/C15H20BrNO2/c1-3-17(9-10(2)15(18)19)14-7-4-11-8-12(16)5-6-13(11)14/h5-6,8,10,14H,3-4,7,9H2,1-2H3,(H,18,19). The van der Waals surface area contributed by atoms with Crippen LogP contribution in [0.3, 0.4) is 0 Å². The van der Waals surface area contributed by atoms with E-state index in [4.69, 9.17) is 5.11 Å². The van der Waals surface area contributed by atoms with Gasteiger partial charge in [0.2, 0.25) is 0 Å². The van der Waals surface area contributed by atoms with Gasteiger partial charge in [0.05, 0.1) is 5.92 Å². The summed E-state index contributed by atoms with van der Waals surface area (Å²) >= 11 is 3.51. The smallest absolute Gasteiger partial charge is 0.307 e. The van der Waals surface area contributed by atoms with Gasteiger partial charge in [-0.25, -0.2) is 0 Å². The van der Waals surface area contributed by atoms with Crippen molar-refractivity contribution < 1.29 is 9.90 Å². The van der Waals surface area contributed by atoms with E-state index >= 15 is 0 Å². The number of hydrogen-bond acceptors (Lipinski definition) is 2. The van der Waals surface area contributed by atoms with E-state index in [2.05, 4.69) is 46.0 Å². The Hall–Kier alpha value is -0.870. The van der Waals surface area contributed by atoms with Gasteiger partial charge in [0.1, 0.15) is 0 Å². The zero-order valence-electron chi connectivity index (χ0n) is 11.4. The summed E-state index contributed by atoms with van der Waals surface area (Å²) in [5.74, 6) is -1.04. The molecule has 2 unspecified atom stereocenters. The van der Waals surface area contributed by atoms with Crippen LogP contribution in [0.5, 0.6) is 0 Å². The normalized spacial score (nSPS) is 19.5. The molecule has 1 aliphatic carbocycles. The quantitative estimate of drug-likeness (QED) is 0.901. The summed E-state index contributed by atoms with van der Waals surface area (Å²) in [5.41, 5.74) is 2.75. The Balaban J connectivity index is 2.16. The topological polar surface area (TPSA) is 40.5 Å². The summed E-state index contributed by atoms with van der Waals surface area (Å²) in [6, 6.07) is 6.80. The zero-order valence-corrected chi connectivity index (χ0v) is 13.0. The molecule has 0 aliphatic heterocycles. The molecule has 1 aliphatic rings. The molecule has 104 valence electrons. The van der Waals surface area contributed by atoms with Crippen molar-refractivity contribution in [2.24, 2.45) is 5.92 Å². The SMILES string of the molecule is CCN(CC(C)C(=O)O)C1CCc2cc(Br)ccc21. The minimum absolute atomic E-state index is 0.320. The predicted molar refractivity (Wildman–Crippen MR) is 79.3 cm³/mol. The lowest BCUT2D eigenvalue weighted by Crippen LogP contribution is -2.34. The second-order valence-corrected chi connectivity index (χ2v) is 6.14. The van der Waals surface area contributed by atoms with Crippen LogP contribution in [0.25, 0.3) is 0 Å². The van der Waals surface area contributed by atoms with Gasteiger partial charge < -0.3 is 5.11 Å². The van der Waals surface area contributed by atoms with Crippen molar-refractivity contribution in [1.29, 1.82) is 0 Å². The van der Waals surface area contributed by atoms with Crippen LogP contribution in [0.4, 0.5) is 0 Å². The van der Waals surface area contributed by atoms with Gasteiger partial charge in [-0.2, -0.15) is 0 Å². The number of aliphatic carboxylic acids is 1. The van der Waals surface area contributed by atoms with Gasteiger partial charge in [-0.3, -0.25) is 9.69 Å². The van der Waals surface area contributed by atoms with E-state index < -0.39 is 5.97 Å². The number of nitrogens with zero attached hydrogens (tertiary/aromatic N) is 1. The first-order chi connectivity index (χ1) is 9.02. The van der Waals surface area contributed by atoms with Crippen LogP contribution in [0.2, 0.25) is 0 Å². The van der Waals surface area contributed by atoms with Crippen LogP contribution < -0.4 is 0 Å². The predicted octanol–water partition coefficient (Wildman–Crippen LogP) is 3.48. The minimum Gasteiger partial charge on any atom is -0.481 e. The molecule has 0 saturated heterocycles. The summed E-state index contributed by atoms with van der Waals surface area (Å²) in [6.07, 6.45) is 2.17. The number of rotatable bonds is 5. The van der Waals surface area contributed by atoms with E-state index in [1.165, 1.54) is 11.1 Å². The molecule has 2 rings (SSSR count). The van der Waals surface area contributed by atoms with Crippen molar-refractivity contribution in [1.82, 2.24) is 4.90 Å². The fourth-order valence-corrected chi connectivity index (χ4v) is 3.26. The Morgan fingerprint density at radius 3 is 2.95 bits per heavy atom. The van der Waals surface area contributed by atoms with Crippen LogP contribution in [0.15, 0.2) is 22.7 Å². The molecule has 1 aromatic rings. The largest absolute Gasteiger partial charge is 0.481 e. The van der Waals surface area contributed by atoms with E-state index in [9.17, 15) is 4.79 Å². The highest BCUT2D eigenvalue weighted by Gasteiger charge is 2.29. The van der Waals surface area contributed by atoms with Crippen LogP contribution in [0, 0.1) is 5.92 Å². The first-order valence-corrected chi connectivity index (χ1v) is 7.57. The highest BCUT2D eigenvalue weighted by atomic mass is 79.9. The third-order valence-corrected chi connectivity index (χ3v) is 4.42. The number of halogens is 1. The number of hydrogen-bond donors (Lipinski definition) is 1. The molecule has 2 atom stereocenters. The van der Waals surface area contributed by atoms with Crippen LogP contribution in [-0.2, 0) is 11.2 Å². The Labute approximate surface area is 122 Å². The Morgan fingerprint density at radius 1 is 1.58 bits per heavy atom. The first kappa shape index (κ1) is 14.5. The van der Waals surface area contributed by atoms with Gasteiger partial charge in [-0.05, 0) is 42.6 Å². The summed E-state index contributed by atoms with van der Waals surface area (Å²) < 4.78 is 1.12. The van der Waals surface area contributed by atoms with Crippen LogP contribution in [-0.4, -0.2) is 29.1 Å². The van der Waals surface area contributed by atoms with Gasteiger partial charge in [-0.15, -0.1) is 0 Å². The maximum atomic E-state index is 11.0. The summed E-state index contributed by atoms with van der Waals surface area (Å²) in [7, 11) is 0. The fourth-order valence-electron chi connectivity index (χ4n) is 2.85. The molecule has 4 heteroatoms. The molecule has 0 amide bonds. The van der Waals surface area contributed by atoms with Gasteiger partial charge in [-0.1, -0.05) is 35.8 Å². The molecule has 0 aromatic heterocycles. The number of fused-ring (bicyclic) bond motifs is 1. The second-order valence-electron chi connectivity index (χ2n) is 5.22. The molecule has 19 heavy (non-hydrogen) atoms. The minimum atomic E-state index is -0.715. The van der Waals surface area contributed by atoms with E-state index in [-0.39, 0.29) is 5.92 Å². The highest BCUT2D eigenvalue weighted by molar-refractivity contribution is 9.10. The average molecular weight is 326 g/mol. The molecule has 0 spiro atoms. The van der Waals surface area contributed by atoms with Gasteiger partial charge in [0.15, 0.2) is 0 Å². The third kappa shape index (κ3) is 3.18. The van der Waals surface area contributed by atoms with Crippen LogP contribution in [0.1, 0.15) is 37.4 Å². The zero-order chi connectivity index (χ0) is 14.0. The number of carboxylic acid groups (broad SMARTS) is 1. The maximum absolute atomic E-state index is 11.0. The second kappa shape index (κ2) is 6.06. The van der Waals surface area contributed by atoms with Gasteiger partial charge in [0.25, 0.3) is 0 Å². The number of carbonyl (C=O) groups is 1. The van der Waals surface area contributed by atoms with Crippen molar-refractivity contribution >= 4 is 21.9 Å². The maximum Gasteiger partial charge on any atom is 0.307 e. The lowest BCUT2D eigenvalue weighted by atomic mass is 10.0. The lowest BCUT2D eigenvalue weighted by molar-refractivity contribution is -0.141. The number of aryl methyl sites for hydroxylation is 1. The first-order valence-electron chi connectivity index (χ1n) is 6.78. The number of carboxylic acids is 1. The average Bonchev–Trinajstić information content (AvgIpc) is 2.78. The molecule has 0 radical (unpaired) electrons. The van der Waals surface area contributed by atoms with Crippen molar-refractivity contribution in [3.8, 4) is 0 Å². The summed E-state index contributed by atoms with van der Waals surface area (Å²) in [5, 5.41) is 9.07. The molecule has 1 aromatic carbocycles. The molecular formula is C15H20BrNO2. The summed E-state index contributed by atoms with van der Waals surface area (Å²) in [6.45, 7) is 5.39. The summed E-state index contributed by atoms with van der Waals surface area (Å²) in [4.78, 5) is 13.3. The molecule has 0 fully saturated rings. The highest BCUT2D eigenvalue weighted by Crippen LogP contribution is 2.37. The molecule has 0 heterocycles. The fraction of sp³-hybridized carbons (Fsp3) is 0.533.